The Kier molecular flexibility index (Phi) is 12.6. The predicted molar refractivity (Wildman–Crippen MR) is 232 cm³/mol. The molecule has 0 spiro atoms. The van der Waals surface area contributed by atoms with E-state index in [0.29, 0.717) is 28.9 Å². The third kappa shape index (κ3) is 9.52. The predicted octanol–water partition coefficient (Wildman–Crippen LogP) is 3.99. The van der Waals surface area contributed by atoms with Crippen molar-refractivity contribution in [3.63, 3.8) is 0 Å². The van der Waals surface area contributed by atoms with Gasteiger partial charge in [0.1, 0.15) is 23.1 Å². The van der Waals surface area contributed by atoms with Gasteiger partial charge in [0.25, 0.3) is 11.8 Å². The standard InChI is InChI=1S/C41H44BrF3N12O6S/c1-53(64(2,62)63)36-31(46-11-12-47-36)22-48-35-29(41(43,44)45)21-49-40(52-35)50-25-3-5-26(6-4-25)55-13-9-27(10-14-55)56-17-15-54(16-18-56)23-24-19-28-34(30(42)20-24)39(61)57(38(28)60)32-7-8-33(58)51-37(32)59/h3-6,11-12,19-21,27,32H,7-10,13-18,22-23H2,1-2H3,(H,51,58,59)(H2,48,49,50,52). The van der Waals surface area contributed by atoms with Crippen molar-refractivity contribution in [1.82, 2.24) is 40.0 Å². The minimum Gasteiger partial charge on any atom is -0.371 e. The Balaban J connectivity index is 0.827. The van der Waals surface area contributed by atoms with Crippen LogP contribution in [0.4, 0.5) is 42.1 Å². The smallest absolute Gasteiger partial charge is 0.371 e. The van der Waals surface area contributed by atoms with E-state index in [4.69, 9.17) is 0 Å². The van der Waals surface area contributed by atoms with E-state index in [1.807, 2.05) is 30.3 Å². The van der Waals surface area contributed by atoms with Crippen molar-refractivity contribution in [2.45, 2.75) is 57.0 Å². The van der Waals surface area contributed by atoms with E-state index in [2.05, 4.69) is 66.5 Å². The van der Waals surface area contributed by atoms with Crippen molar-refractivity contribution in [3.05, 3.63) is 87.4 Å². The third-order valence-corrected chi connectivity index (χ3v) is 13.7. The van der Waals surface area contributed by atoms with Crippen molar-refractivity contribution in [2.24, 2.45) is 0 Å². The Labute approximate surface area is 374 Å². The number of carbonyl (C=O) groups excluding carboxylic acids is 4. The van der Waals surface area contributed by atoms with Gasteiger partial charge in [-0.1, -0.05) is 0 Å². The van der Waals surface area contributed by atoms with Crippen LogP contribution in [0.2, 0.25) is 0 Å². The zero-order valence-electron chi connectivity index (χ0n) is 34.7. The molecule has 3 fully saturated rings. The molecule has 23 heteroatoms. The van der Waals surface area contributed by atoms with Crippen LogP contribution in [0.15, 0.2) is 59.5 Å². The van der Waals surface area contributed by atoms with Crippen LogP contribution in [0.1, 0.15) is 63.2 Å². The highest BCUT2D eigenvalue weighted by Gasteiger charge is 2.46. The lowest BCUT2D eigenvalue weighted by Gasteiger charge is -2.43. The van der Waals surface area contributed by atoms with Crippen molar-refractivity contribution >= 4 is 78.5 Å². The molecule has 18 nitrogen and oxygen atoms in total. The van der Waals surface area contributed by atoms with Crippen molar-refractivity contribution in [2.75, 3.05) is 72.4 Å². The molecule has 3 saturated heterocycles. The van der Waals surface area contributed by atoms with Gasteiger partial charge < -0.3 is 15.5 Å². The van der Waals surface area contributed by atoms with Crippen molar-refractivity contribution < 1.29 is 40.8 Å². The summed E-state index contributed by atoms with van der Waals surface area (Å²) < 4.78 is 67.5. The number of piperazine rings is 1. The van der Waals surface area contributed by atoms with Crippen LogP contribution in [0.3, 0.4) is 0 Å². The minimum absolute atomic E-state index is 0.0369. The third-order valence-electron chi connectivity index (χ3n) is 11.9. The maximum absolute atomic E-state index is 14.0. The number of piperidine rings is 2. The molecule has 64 heavy (non-hydrogen) atoms. The Morgan fingerprint density at radius 2 is 1.62 bits per heavy atom. The van der Waals surface area contributed by atoms with Crippen molar-refractivity contribution in [1.29, 1.82) is 0 Å². The maximum Gasteiger partial charge on any atom is 0.421 e. The number of sulfonamides is 1. The zero-order valence-corrected chi connectivity index (χ0v) is 37.1. The van der Waals surface area contributed by atoms with E-state index in [9.17, 15) is 40.8 Å². The largest absolute Gasteiger partial charge is 0.421 e. The van der Waals surface area contributed by atoms with Crippen LogP contribution in [0, 0.1) is 0 Å². The number of halogens is 4. The summed E-state index contributed by atoms with van der Waals surface area (Å²) in [6.45, 7) is 5.37. The van der Waals surface area contributed by atoms with Crippen LogP contribution < -0.4 is 25.2 Å². The zero-order chi connectivity index (χ0) is 45.5. The summed E-state index contributed by atoms with van der Waals surface area (Å²) in [5, 5.41) is 7.84. The van der Waals surface area contributed by atoms with E-state index >= 15 is 0 Å². The van der Waals surface area contributed by atoms with Crippen LogP contribution in [0.5, 0.6) is 0 Å². The van der Waals surface area contributed by atoms with Crippen LogP contribution in [0.25, 0.3) is 0 Å². The molecule has 4 aromatic rings. The number of benzene rings is 2. The lowest BCUT2D eigenvalue weighted by atomic mass is 10.0. The van der Waals surface area contributed by atoms with Gasteiger partial charge in [0.2, 0.25) is 27.8 Å². The molecule has 338 valence electrons. The molecule has 0 bridgehead atoms. The number of amides is 4. The topological polar surface area (TPSA) is 206 Å². The second kappa shape index (κ2) is 18.0. The van der Waals surface area contributed by atoms with E-state index in [-0.39, 0.29) is 48.0 Å². The fourth-order valence-electron chi connectivity index (χ4n) is 8.47. The molecule has 1 unspecified atom stereocenters. The molecule has 3 N–H and O–H groups in total. The Morgan fingerprint density at radius 3 is 2.30 bits per heavy atom. The number of nitrogens with one attached hydrogen (secondary N) is 3. The quantitative estimate of drug-likeness (QED) is 0.172. The SMILES string of the molecule is CN(c1nccnc1CNc1nc(Nc2ccc(N3CCC(N4CCN(Cc5cc(Br)c6c(c5)C(=O)N(C5CCC(=O)NC5=O)C6=O)CC4)CC3)cc2)ncc1C(F)(F)F)S(C)(=O)=O. The van der Waals surface area contributed by atoms with Gasteiger partial charge in [0.05, 0.1) is 23.9 Å². The monoisotopic (exact) mass is 968 g/mol. The number of aromatic nitrogens is 4. The molecule has 4 amide bonds. The number of hydrogen-bond acceptors (Lipinski definition) is 15. The summed E-state index contributed by atoms with van der Waals surface area (Å²) in [6.07, 6.45) is 1.55. The first-order valence-electron chi connectivity index (χ1n) is 20.5. The summed E-state index contributed by atoms with van der Waals surface area (Å²) in [5.74, 6) is -2.79. The average molecular weight is 970 g/mol. The summed E-state index contributed by atoms with van der Waals surface area (Å²) in [6, 6.07) is 10.5. The van der Waals surface area contributed by atoms with Gasteiger partial charge in [0, 0.05) is 99.8 Å². The molecule has 0 saturated carbocycles. The van der Waals surface area contributed by atoms with Gasteiger partial charge in [-0.05, 0) is 77.2 Å². The Morgan fingerprint density at radius 1 is 0.922 bits per heavy atom. The number of anilines is 5. The lowest BCUT2D eigenvalue weighted by Crippen LogP contribution is -2.54. The Bertz CT molecular complexity index is 2590. The van der Waals surface area contributed by atoms with Gasteiger partial charge >= 0.3 is 6.18 Å². The van der Waals surface area contributed by atoms with Crippen LogP contribution >= 0.6 is 15.9 Å². The van der Waals surface area contributed by atoms with E-state index in [1.165, 1.54) is 19.4 Å². The number of hydrogen-bond donors (Lipinski definition) is 3. The Hall–Kier alpha value is -5.78. The van der Waals surface area contributed by atoms with Gasteiger partial charge in [-0.25, -0.2) is 18.4 Å². The molecule has 1 atom stereocenters. The highest BCUT2D eigenvalue weighted by Crippen LogP contribution is 2.36. The number of rotatable bonds is 12. The molecule has 0 aliphatic carbocycles. The highest BCUT2D eigenvalue weighted by atomic mass is 79.9. The molecule has 2 aromatic carbocycles. The lowest BCUT2D eigenvalue weighted by molar-refractivity contribution is -0.138. The first-order valence-corrected chi connectivity index (χ1v) is 23.1. The average Bonchev–Trinajstić information content (AvgIpc) is 3.51. The first kappa shape index (κ1) is 44.8. The molecule has 6 heterocycles. The molecule has 8 rings (SSSR count). The second-order valence-corrected chi connectivity index (χ2v) is 18.9. The summed E-state index contributed by atoms with van der Waals surface area (Å²) in [7, 11) is -2.44. The molecule has 2 aromatic heterocycles. The number of imide groups is 2. The summed E-state index contributed by atoms with van der Waals surface area (Å²) in [4.78, 5) is 75.2. The van der Waals surface area contributed by atoms with Gasteiger partial charge in [0.15, 0.2) is 5.82 Å². The molecule has 4 aliphatic heterocycles. The minimum atomic E-state index is -4.78. The van der Waals surface area contributed by atoms with Crippen LogP contribution in [-0.4, -0.2) is 131 Å². The molecule has 4 aliphatic rings. The number of carbonyl (C=O) groups is 4. The number of alkyl halides is 3. The summed E-state index contributed by atoms with van der Waals surface area (Å²) >= 11 is 3.49. The number of fused-ring (bicyclic) bond motifs is 1. The maximum atomic E-state index is 14.0. The van der Waals surface area contributed by atoms with Crippen LogP contribution in [-0.2, 0) is 38.9 Å². The molecular weight excluding hydrogens is 925 g/mol. The van der Waals surface area contributed by atoms with Gasteiger partial charge in [-0.2, -0.15) is 18.2 Å². The second-order valence-electron chi connectivity index (χ2n) is 16.0. The first-order chi connectivity index (χ1) is 30.4. The summed E-state index contributed by atoms with van der Waals surface area (Å²) in [5.41, 5.74) is 1.92. The normalized spacial score (nSPS) is 19.2. The van der Waals surface area contributed by atoms with E-state index in [0.717, 1.165) is 78.8 Å². The van der Waals surface area contributed by atoms with E-state index in [1.54, 1.807) is 6.07 Å². The van der Waals surface area contributed by atoms with Crippen molar-refractivity contribution in [3.8, 4) is 0 Å². The highest BCUT2D eigenvalue weighted by molar-refractivity contribution is 9.10. The fourth-order valence-corrected chi connectivity index (χ4v) is 9.61. The van der Waals surface area contributed by atoms with Gasteiger partial charge in [-0.15, -0.1) is 0 Å². The fraction of sp³-hybridized carbons (Fsp3) is 0.415. The van der Waals surface area contributed by atoms with E-state index < -0.39 is 57.3 Å². The molecule has 0 radical (unpaired) electrons. The number of nitrogens with zero attached hydrogens (tertiary/aromatic N) is 9. The molecular formula is C41H44BrF3N12O6S. The van der Waals surface area contributed by atoms with Gasteiger partial charge in [-0.3, -0.25) is 48.5 Å².